The summed E-state index contributed by atoms with van der Waals surface area (Å²) in [4.78, 5) is 0. The van der Waals surface area contributed by atoms with Crippen molar-refractivity contribution in [2.45, 2.75) is 26.2 Å². The van der Waals surface area contributed by atoms with E-state index >= 15 is 0 Å². The fraction of sp³-hybridized carbons (Fsp3) is 0.500. The molecule has 1 aromatic heterocycles. The second-order valence-corrected chi connectivity index (χ2v) is 2.71. The van der Waals surface area contributed by atoms with Crippen molar-refractivity contribution in [1.29, 1.82) is 5.26 Å². The molecule has 11 heavy (non-hydrogen) atoms. The minimum atomic E-state index is 0.305. The van der Waals surface area contributed by atoms with Crippen molar-refractivity contribution in [3.05, 3.63) is 17.5 Å². The molecule has 0 saturated heterocycles. The van der Waals surface area contributed by atoms with Crippen LogP contribution in [0.4, 0.5) is 0 Å². The molecule has 0 fully saturated rings. The van der Waals surface area contributed by atoms with Gasteiger partial charge in [0.15, 0.2) is 5.76 Å². The number of nitrogens with zero attached hydrogens (tertiary/aromatic N) is 2. The molecule has 0 aromatic carbocycles. The Bertz CT molecular complexity index is 270. The van der Waals surface area contributed by atoms with E-state index in [9.17, 15) is 0 Å². The Labute approximate surface area is 65.6 Å². The smallest absolute Gasteiger partial charge is 0.151 e. The van der Waals surface area contributed by atoms with E-state index in [1.54, 1.807) is 0 Å². The van der Waals surface area contributed by atoms with Gasteiger partial charge in [0.25, 0.3) is 0 Å². The molecule has 0 saturated carbocycles. The van der Waals surface area contributed by atoms with Gasteiger partial charge in [-0.05, 0) is 5.92 Å². The van der Waals surface area contributed by atoms with E-state index in [4.69, 9.17) is 9.78 Å². The van der Waals surface area contributed by atoms with Crippen LogP contribution in [-0.2, 0) is 6.42 Å². The van der Waals surface area contributed by atoms with E-state index in [2.05, 4.69) is 5.16 Å². The lowest BCUT2D eigenvalue weighted by atomic mass is 10.1. The van der Waals surface area contributed by atoms with E-state index in [0.29, 0.717) is 18.1 Å². The molecule has 0 aliphatic heterocycles. The number of hydrogen-bond donors (Lipinski definition) is 0. The third-order valence-electron chi connectivity index (χ3n) is 1.42. The monoisotopic (exact) mass is 150 g/mol. The minimum Gasteiger partial charge on any atom is -0.360 e. The Morgan fingerprint density at radius 2 is 2.45 bits per heavy atom. The van der Waals surface area contributed by atoms with E-state index in [1.807, 2.05) is 26.0 Å². The topological polar surface area (TPSA) is 49.8 Å². The molecule has 0 aliphatic rings. The summed E-state index contributed by atoms with van der Waals surface area (Å²) in [6.45, 7) is 4.07. The van der Waals surface area contributed by atoms with Crippen LogP contribution in [0.3, 0.4) is 0 Å². The third kappa shape index (κ3) is 1.81. The fourth-order valence-electron chi connectivity index (χ4n) is 0.762. The SMILES string of the molecule is CC(C)c1cc(CC#N)on1. The van der Waals surface area contributed by atoms with Gasteiger partial charge in [0.05, 0.1) is 18.2 Å². The molecule has 0 unspecified atom stereocenters. The van der Waals surface area contributed by atoms with Gasteiger partial charge in [-0.15, -0.1) is 0 Å². The van der Waals surface area contributed by atoms with Gasteiger partial charge >= 0.3 is 0 Å². The number of hydrogen-bond acceptors (Lipinski definition) is 3. The molecule has 0 radical (unpaired) electrons. The molecular weight excluding hydrogens is 140 g/mol. The highest BCUT2D eigenvalue weighted by atomic mass is 16.5. The van der Waals surface area contributed by atoms with Crippen LogP contribution in [0.5, 0.6) is 0 Å². The van der Waals surface area contributed by atoms with E-state index in [0.717, 1.165) is 5.69 Å². The summed E-state index contributed by atoms with van der Waals surface area (Å²) in [5.41, 5.74) is 0.912. The van der Waals surface area contributed by atoms with Gasteiger partial charge in [0, 0.05) is 6.07 Å². The van der Waals surface area contributed by atoms with Gasteiger partial charge < -0.3 is 4.52 Å². The van der Waals surface area contributed by atoms with Crippen LogP contribution >= 0.6 is 0 Å². The molecule has 0 amide bonds. The van der Waals surface area contributed by atoms with Gasteiger partial charge in [0.1, 0.15) is 0 Å². The summed E-state index contributed by atoms with van der Waals surface area (Å²) in [5, 5.41) is 12.1. The van der Waals surface area contributed by atoms with Gasteiger partial charge in [-0.1, -0.05) is 19.0 Å². The highest BCUT2D eigenvalue weighted by Gasteiger charge is 2.06. The second kappa shape index (κ2) is 3.20. The molecule has 3 nitrogen and oxygen atoms in total. The molecule has 3 heteroatoms. The van der Waals surface area contributed by atoms with Crippen LogP contribution < -0.4 is 0 Å². The molecule has 0 bridgehead atoms. The Morgan fingerprint density at radius 3 is 2.91 bits per heavy atom. The average molecular weight is 150 g/mol. The first-order chi connectivity index (χ1) is 5.24. The molecular formula is C8H10N2O. The van der Waals surface area contributed by atoms with Crippen LogP contribution in [0.15, 0.2) is 10.6 Å². The lowest BCUT2D eigenvalue weighted by molar-refractivity contribution is 0.382. The summed E-state index contributed by atoms with van der Waals surface area (Å²) < 4.78 is 4.89. The van der Waals surface area contributed by atoms with Gasteiger partial charge in [-0.3, -0.25) is 0 Å². The Balaban J connectivity index is 2.75. The molecule has 0 spiro atoms. The Hall–Kier alpha value is -1.30. The number of nitriles is 1. The van der Waals surface area contributed by atoms with Gasteiger partial charge in [-0.25, -0.2) is 0 Å². The van der Waals surface area contributed by atoms with Crippen LogP contribution in [0.2, 0.25) is 0 Å². The Kier molecular flexibility index (Phi) is 2.27. The second-order valence-electron chi connectivity index (χ2n) is 2.71. The highest BCUT2D eigenvalue weighted by molar-refractivity contribution is 5.11. The molecule has 0 aliphatic carbocycles. The van der Waals surface area contributed by atoms with E-state index in [-0.39, 0.29) is 0 Å². The first kappa shape index (κ1) is 7.80. The molecule has 0 atom stereocenters. The molecule has 1 aromatic rings. The maximum atomic E-state index is 8.33. The third-order valence-corrected chi connectivity index (χ3v) is 1.42. The van der Waals surface area contributed by atoms with Gasteiger partial charge in [-0.2, -0.15) is 5.26 Å². The van der Waals surface area contributed by atoms with E-state index < -0.39 is 0 Å². The van der Waals surface area contributed by atoms with Gasteiger partial charge in [0.2, 0.25) is 0 Å². The predicted octanol–water partition coefficient (Wildman–Crippen LogP) is 1.86. The summed E-state index contributed by atoms with van der Waals surface area (Å²) in [7, 11) is 0. The van der Waals surface area contributed by atoms with Crippen molar-refractivity contribution >= 4 is 0 Å². The largest absolute Gasteiger partial charge is 0.360 e. The van der Waals surface area contributed by atoms with Crippen molar-refractivity contribution in [3.8, 4) is 6.07 Å². The van der Waals surface area contributed by atoms with Crippen molar-refractivity contribution < 1.29 is 4.52 Å². The molecule has 1 rings (SSSR count). The minimum absolute atomic E-state index is 0.305. The maximum absolute atomic E-state index is 8.33. The van der Waals surface area contributed by atoms with Crippen molar-refractivity contribution in [3.63, 3.8) is 0 Å². The molecule has 58 valence electrons. The Morgan fingerprint density at radius 1 is 1.73 bits per heavy atom. The quantitative estimate of drug-likeness (QED) is 0.646. The standard InChI is InChI=1S/C8H10N2O/c1-6(2)8-5-7(3-4-9)11-10-8/h5-6H,3H2,1-2H3. The zero-order chi connectivity index (χ0) is 8.27. The van der Waals surface area contributed by atoms with Crippen LogP contribution in [-0.4, -0.2) is 5.16 Å². The van der Waals surface area contributed by atoms with Crippen molar-refractivity contribution in [1.82, 2.24) is 5.16 Å². The summed E-state index contributed by atoms with van der Waals surface area (Å²) in [6, 6.07) is 3.83. The lowest BCUT2D eigenvalue weighted by Crippen LogP contribution is -1.84. The first-order valence-electron chi connectivity index (χ1n) is 3.56. The number of aromatic nitrogens is 1. The first-order valence-corrected chi connectivity index (χ1v) is 3.56. The summed E-state index contributed by atoms with van der Waals surface area (Å²) >= 11 is 0. The zero-order valence-corrected chi connectivity index (χ0v) is 6.66. The zero-order valence-electron chi connectivity index (χ0n) is 6.66. The predicted molar refractivity (Wildman–Crippen MR) is 39.9 cm³/mol. The number of rotatable bonds is 2. The lowest BCUT2D eigenvalue weighted by Gasteiger charge is -1.92. The molecule has 0 N–H and O–H groups in total. The van der Waals surface area contributed by atoms with Crippen LogP contribution in [0.1, 0.15) is 31.2 Å². The summed E-state index contributed by atoms with van der Waals surface area (Å²) in [6.07, 6.45) is 0.305. The van der Waals surface area contributed by atoms with Crippen LogP contribution in [0.25, 0.3) is 0 Å². The van der Waals surface area contributed by atoms with Crippen molar-refractivity contribution in [2.24, 2.45) is 0 Å². The summed E-state index contributed by atoms with van der Waals surface area (Å²) in [5.74, 6) is 1.02. The normalized spacial score (nSPS) is 10.0. The van der Waals surface area contributed by atoms with E-state index in [1.165, 1.54) is 0 Å². The average Bonchev–Trinajstić information content (AvgIpc) is 2.37. The maximum Gasteiger partial charge on any atom is 0.151 e. The molecule has 1 heterocycles. The van der Waals surface area contributed by atoms with Crippen molar-refractivity contribution in [2.75, 3.05) is 0 Å². The van der Waals surface area contributed by atoms with Crippen LogP contribution in [0, 0.1) is 11.3 Å². The fourth-order valence-corrected chi connectivity index (χ4v) is 0.762. The highest BCUT2D eigenvalue weighted by Crippen LogP contribution is 2.13.